The van der Waals surface area contributed by atoms with E-state index in [1.807, 2.05) is 0 Å². The third kappa shape index (κ3) is 2.32. The normalized spacial score (nSPS) is 13.2. The quantitative estimate of drug-likeness (QED) is 0.492. The van der Waals surface area contributed by atoms with E-state index in [-0.39, 0.29) is 23.7 Å². The number of anilines is 1. The predicted octanol–water partition coefficient (Wildman–Crippen LogP) is 2.79. The van der Waals surface area contributed by atoms with Gasteiger partial charge in [-0.15, -0.1) is 0 Å². The van der Waals surface area contributed by atoms with Crippen molar-refractivity contribution in [2.45, 2.75) is 6.92 Å². The number of ether oxygens (including phenoxy) is 1. The van der Waals surface area contributed by atoms with E-state index in [1.54, 1.807) is 31.2 Å². The molecule has 1 aliphatic rings. The lowest BCUT2D eigenvalue weighted by Crippen LogP contribution is -2.29. The fourth-order valence-corrected chi connectivity index (χ4v) is 2.48. The van der Waals surface area contributed by atoms with Gasteiger partial charge in [-0.05, 0) is 25.1 Å². The number of amides is 2. The Labute approximate surface area is 131 Å². The van der Waals surface area contributed by atoms with Gasteiger partial charge in [0.25, 0.3) is 17.5 Å². The number of hydrogen-bond donors (Lipinski definition) is 0. The van der Waals surface area contributed by atoms with E-state index in [1.165, 1.54) is 18.2 Å². The average Bonchev–Trinajstić information content (AvgIpc) is 2.80. The van der Waals surface area contributed by atoms with Crippen LogP contribution in [0.2, 0.25) is 0 Å². The molecule has 2 aromatic rings. The number of nitro groups is 1. The largest absolute Gasteiger partial charge is 0.491 e. The molecule has 3 rings (SSSR count). The van der Waals surface area contributed by atoms with Gasteiger partial charge in [0, 0.05) is 6.07 Å². The first-order valence-corrected chi connectivity index (χ1v) is 6.93. The summed E-state index contributed by atoms with van der Waals surface area (Å²) >= 11 is 0. The molecular formula is C16H12N2O5. The van der Waals surface area contributed by atoms with Gasteiger partial charge in [-0.1, -0.05) is 12.1 Å². The van der Waals surface area contributed by atoms with Crippen molar-refractivity contribution in [3.63, 3.8) is 0 Å². The van der Waals surface area contributed by atoms with E-state index in [0.717, 1.165) is 4.90 Å². The van der Waals surface area contributed by atoms with Crippen molar-refractivity contribution in [1.82, 2.24) is 0 Å². The lowest BCUT2D eigenvalue weighted by atomic mass is 10.1. The highest BCUT2D eigenvalue weighted by atomic mass is 16.6. The minimum atomic E-state index is -0.561. The third-order valence-electron chi connectivity index (χ3n) is 3.49. The lowest BCUT2D eigenvalue weighted by Gasteiger charge is -2.17. The van der Waals surface area contributed by atoms with Crippen LogP contribution in [0.25, 0.3) is 0 Å². The number of carbonyl (C=O) groups excluding carboxylic acids is 2. The number of nitro benzene ring substituents is 1. The summed E-state index contributed by atoms with van der Waals surface area (Å²) in [6.45, 7) is 1.96. The number of nitrogens with zero attached hydrogens (tertiary/aromatic N) is 2. The molecule has 0 N–H and O–H groups in total. The number of rotatable bonds is 4. The smallest absolute Gasteiger partial charge is 0.273 e. The number of fused-ring (bicyclic) bond motifs is 1. The van der Waals surface area contributed by atoms with Crippen molar-refractivity contribution in [1.29, 1.82) is 0 Å². The van der Waals surface area contributed by atoms with Crippen LogP contribution in [0, 0.1) is 10.1 Å². The highest BCUT2D eigenvalue weighted by Gasteiger charge is 2.38. The van der Waals surface area contributed by atoms with Gasteiger partial charge in [-0.3, -0.25) is 19.7 Å². The van der Waals surface area contributed by atoms with E-state index in [0.29, 0.717) is 11.1 Å². The zero-order valence-electron chi connectivity index (χ0n) is 12.2. The summed E-state index contributed by atoms with van der Waals surface area (Å²) in [5, 5.41) is 10.9. The molecule has 116 valence electrons. The molecule has 0 unspecified atom stereocenters. The number of benzene rings is 2. The Morgan fingerprint density at radius 1 is 1.09 bits per heavy atom. The second kappa shape index (κ2) is 5.53. The molecule has 0 radical (unpaired) electrons. The van der Waals surface area contributed by atoms with Crippen molar-refractivity contribution in [2.75, 3.05) is 11.5 Å². The van der Waals surface area contributed by atoms with Crippen LogP contribution in [0.15, 0.2) is 42.5 Å². The fourth-order valence-electron chi connectivity index (χ4n) is 2.48. The fraction of sp³-hybridized carbons (Fsp3) is 0.125. The van der Waals surface area contributed by atoms with Gasteiger partial charge in [-0.2, -0.15) is 0 Å². The summed E-state index contributed by atoms with van der Waals surface area (Å²) in [5.41, 5.74) is 0.633. The molecule has 7 heteroatoms. The van der Waals surface area contributed by atoms with Crippen LogP contribution in [0.1, 0.15) is 27.6 Å². The Hall–Kier alpha value is -3.22. The van der Waals surface area contributed by atoms with E-state index >= 15 is 0 Å². The molecule has 0 bridgehead atoms. The molecule has 1 aliphatic heterocycles. The molecule has 0 aromatic heterocycles. The van der Waals surface area contributed by atoms with Crippen LogP contribution in [0.3, 0.4) is 0 Å². The third-order valence-corrected chi connectivity index (χ3v) is 3.49. The van der Waals surface area contributed by atoms with Gasteiger partial charge in [0.15, 0.2) is 0 Å². The van der Waals surface area contributed by atoms with Crippen molar-refractivity contribution in [2.24, 2.45) is 0 Å². The van der Waals surface area contributed by atoms with Crippen LogP contribution in [-0.2, 0) is 0 Å². The monoisotopic (exact) mass is 312 g/mol. The van der Waals surface area contributed by atoms with Crippen LogP contribution < -0.4 is 9.64 Å². The SMILES string of the molecule is CCOc1cc([N+](=O)[O-])ccc1N1C(=O)c2ccccc2C1=O. The Balaban J connectivity index is 2.11. The second-order valence-electron chi connectivity index (χ2n) is 4.83. The topological polar surface area (TPSA) is 89.8 Å². The molecule has 0 saturated carbocycles. The molecular weight excluding hydrogens is 300 g/mol. The molecule has 0 spiro atoms. The van der Waals surface area contributed by atoms with Crippen molar-refractivity contribution in [3.8, 4) is 5.75 Å². The molecule has 0 fully saturated rings. The van der Waals surface area contributed by atoms with E-state index < -0.39 is 16.7 Å². The predicted molar refractivity (Wildman–Crippen MR) is 81.8 cm³/mol. The lowest BCUT2D eigenvalue weighted by molar-refractivity contribution is -0.384. The van der Waals surface area contributed by atoms with E-state index in [9.17, 15) is 19.7 Å². The molecule has 2 amide bonds. The molecule has 7 nitrogen and oxygen atoms in total. The highest BCUT2D eigenvalue weighted by Crippen LogP contribution is 2.37. The molecule has 1 heterocycles. The summed E-state index contributed by atoms with van der Waals surface area (Å²) in [7, 11) is 0. The molecule has 0 atom stereocenters. The van der Waals surface area contributed by atoms with Gasteiger partial charge in [-0.25, -0.2) is 4.90 Å². The minimum Gasteiger partial charge on any atom is -0.491 e. The standard InChI is InChI=1S/C16H12N2O5/c1-2-23-14-9-10(18(21)22)7-8-13(14)17-15(19)11-5-3-4-6-12(11)16(17)20/h3-9H,2H2,1H3. The van der Waals surface area contributed by atoms with E-state index in [2.05, 4.69) is 0 Å². The molecule has 0 aliphatic carbocycles. The number of imide groups is 1. The Morgan fingerprint density at radius 3 is 2.22 bits per heavy atom. The van der Waals surface area contributed by atoms with Gasteiger partial charge in [0.05, 0.1) is 34.4 Å². The summed E-state index contributed by atoms with van der Waals surface area (Å²) in [4.78, 5) is 36.3. The number of non-ortho nitro benzene ring substituents is 1. The first-order valence-electron chi connectivity index (χ1n) is 6.93. The number of hydrogen-bond acceptors (Lipinski definition) is 5. The maximum absolute atomic E-state index is 12.5. The van der Waals surface area contributed by atoms with Crippen LogP contribution in [0.4, 0.5) is 11.4 Å². The van der Waals surface area contributed by atoms with Crippen molar-refractivity contribution >= 4 is 23.2 Å². The first kappa shape index (κ1) is 14.7. The summed E-state index contributed by atoms with van der Waals surface area (Å²) in [6, 6.07) is 10.3. The Bertz CT molecular complexity index is 796. The molecule has 2 aromatic carbocycles. The van der Waals surface area contributed by atoms with Crippen LogP contribution >= 0.6 is 0 Å². The first-order chi connectivity index (χ1) is 11.0. The Morgan fingerprint density at radius 2 is 1.70 bits per heavy atom. The maximum Gasteiger partial charge on any atom is 0.273 e. The molecule has 0 saturated heterocycles. The summed E-state index contributed by atoms with van der Waals surface area (Å²) in [5.74, 6) is -0.822. The van der Waals surface area contributed by atoms with Crippen LogP contribution in [0.5, 0.6) is 5.75 Å². The van der Waals surface area contributed by atoms with Gasteiger partial charge >= 0.3 is 0 Å². The summed E-state index contributed by atoms with van der Waals surface area (Å²) in [6.07, 6.45) is 0. The molecule has 23 heavy (non-hydrogen) atoms. The van der Waals surface area contributed by atoms with Crippen LogP contribution in [-0.4, -0.2) is 23.3 Å². The average molecular weight is 312 g/mol. The highest BCUT2D eigenvalue weighted by molar-refractivity contribution is 6.34. The second-order valence-corrected chi connectivity index (χ2v) is 4.83. The number of carbonyl (C=O) groups is 2. The minimum absolute atomic E-state index is 0.121. The van der Waals surface area contributed by atoms with Gasteiger partial charge in [0.2, 0.25) is 0 Å². The van der Waals surface area contributed by atoms with E-state index in [4.69, 9.17) is 4.74 Å². The van der Waals surface area contributed by atoms with Gasteiger partial charge in [0.1, 0.15) is 5.75 Å². The van der Waals surface area contributed by atoms with Crippen molar-refractivity contribution < 1.29 is 19.2 Å². The summed E-state index contributed by atoms with van der Waals surface area (Å²) < 4.78 is 5.39. The van der Waals surface area contributed by atoms with Gasteiger partial charge < -0.3 is 4.74 Å². The van der Waals surface area contributed by atoms with Crippen molar-refractivity contribution in [3.05, 3.63) is 63.7 Å². The zero-order valence-corrected chi connectivity index (χ0v) is 12.2. The maximum atomic E-state index is 12.5. The Kier molecular flexibility index (Phi) is 3.53. The zero-order chi connectivity index (χ0) is 16.6.